The Labute approximate surface area is 254 Å². The van der Waals surface area contributed by atoms with Crippen molar-refractivity contribution in [2.45, 2.75) is 70.1 Å². The predicted octanol–water partition coefficient (Wildman–Crippen LogP) is 0.837. The lowest BCUT2D eigenvalue weighted by Gasteiger charge is -2.28. The van der Waals surface area contributed by atoms with Gasteiger partial charge in [-0.1, -0.05) is 50.6 Å². The second-order valence-electron chi connectivity index (χ2n) is 10.9. The minimum absolute atomic E-state index is 0.0682. The molecule has 0 radical (unpaired) electrons. The molecule has 0 fully saturated rings. The van der Waals surface area contributed by atoms with Crippen molar-refractivity contribution in [2.75, 3.05) is 0 Å². The highest BCUT2D eigenvalue weighted by Gasteiger charge is 2.33. The average Bonchev–Trinajstić information content (AvgIpc) is 3.40. The summed E-state index contributed by atoms with van der Waals surface area (Å²) in [6.45, 7) is 3.54. The van der Waals surface area contributed by atoms with E-state index in [1.807, 2.05) is 31.2 Å². The number of para-hydroxylation sites is 1. The number of H-pyrrole nitrogens is 1. The molecule has 0 spiro atoms. The van der Waals surface area contributed by atoms with E-state index in [9.17, 15) is 34.2 Å². The first-order chi connectivity index (χ1) is 20.9. The lowest BCUT2D eigenvalue weighted by Crippen LogP contribution is -2.59. The zero-order valence-corrected chi connectivity index (χ0v) is 24.7. The van der Waals surface area contributed by atoms with E-state index in [1.54, 1.807) is 25.3 Å². The Kier molecular flexibility index (Phi) is 11.9. The standard InChI is InChI=1S/C31H40N6O7/c1-3-17(2)27(30(42)35-24(31(43)44)12-13-26(33)39)37-29(41)25(15-19-16-34-23-7-5-4-6-21(19)23)36-28(40)22(32)14-18-8-10-20(38)11-9-18/h4-11,16-17,22,24-25,27,34,38H,3,12-15,32H2,1-2H3,(H2,33,39)(H,35,42)(H,36,40)(H,37,41)(H,43,44). The molecular formula is C31H40N6O7. The van der Waals surface area contributed by atoms with E-state index >= 15 is 0 Å². The number of primary amides is 1. The van der Waals surface area contributed by atoms with E-state index in [-0.39, 0.29) is 31.4 Å². The number of rotatable bonds is 16. The van der Waals surface area contributed by atoms with Crippen LogP contribution < -0.4 is 27.4 Å². The van der Waals surface area contributed by atoms with Crippen LogP contribution in [0.1, 0.15) is 44.2 Å². The smallest absolute Gasteiger partial charge is 0.326 e. The summed E-state index contributed by atoms with van der Waals surface area (Å²) >= 11 is 0. The van der Waals surface area contributed by atoms with Crippen molar-refractivity contribution in [1.82, 2.24) is 20.9 Å². The van der Waals surface area contributed by atoms with Gasteiger partial charge in [0.05, 0.1) is 6.04 Å². The maximum Gasteiger partial charge on any atom is 0.326 e. The van der Waals surface area contributed by atoms with Crippen LogP contribution in [0.25, 0.3) is 10.9 Å². The van der Waals surface area contributed by atoms with Crippen molar-refractivity contribution in [2.24, 2.45) is 17.4 Å². The summed E-state index contributed by atoms with van der Waals surface area (Å²) in [5.41, 5.74) is 13.6. The van der Waals surface area contributed by atoms with E-state index < -0.39 is 59.7 Å². The van der Waals surface area contributed by atoms with Crippen molar-refractivity contribution >= 4 is 40.5 Å². The topological polar surface area (TPSA) is 230 Å². The Morgan fingerprint density at radius 1 is 0.886 bits per heavy atom. The van der Waals surface area contributed by atoms with Crippen molar-refractivity contribution in [3.63, 3.8) is 0 Å². The Morgan fingerprint density at radius 2 is 1.55 bits per heavy atom. The molecule has 10 N–H and O–H groups in total. The Hall–Kier alpha value is -4.91. The van der Waals surface area contributed by atoms with Gasteiger partial charge in [-0.05, 0) is 48.1 Å². The van der Waals surface area contributed by atoms with Crippen LogP contribution in [0.3, 0.4) is 0 Å². The second-order valence-corrected chi connectivity index (χ2v) is 10.9. The first-order valence-electron chi connectivity index (χ1n) is 14.4. The highest BCUT2D eigenvalue weighted by molar-refractivity contribution is 5.95. The number of hydrogen-bond acceptors (Lipinski definition) is 7. The van der Waals surface area contributed by atoms with Crippen LogP contribution in [0.2, 0.25) is 0 Å². The normalized spacial score (nSPS) is 14.5. The summed E-state index contributed by atoms with van der Waals surface area (Å²) in [4.78, 5) is 66.3. The lowest BCUT2D eigenvalue weighted by molar-refractivity contribution is -0.143. The molecule has 0 aliphatic carbocycles. The maximum absolute atomic E-state index is 13.8. The number of carbonyl (C=O) groups is 5. The summed E-state index contributed by atoms with van der Waals surface area (Å²) in [5.74, 6) is -4.40. The van der Waals surface area contributed by atoms with Crippen LogP contribution in [0.15, 0.2) is 54.7 Å². The van der Waals surface area contributed by atoms with Gasteiger partial charge >= 0.3 is 5.97 Å². The number of phenols is 1. The van der Waals surface area contributed by atoms with Crippen molar-refractivity contribution in [1.29, 1.82) is 0 Å². The number of carboxylic acids is 1. The number of nitrogens with one attached hydrogen (secondary N) is 4. The van der Waals surface area contributed by atoms with E-state index in [4.69, 9.17) is 11.5 Å². The summed E-state index contributed by atoms with van der Waals surface area (Å²) in [5, 5.41) is 27.8. The van der Waals surface area contributed by atoms with Gasteiger partial charge in [-0.15, -0.1) is 0 Å². The van der Waals surface area contributed by atoms with Gasteiger partial charge in [0.2, 0.25) is 23.6 Å². The van der Waals surface area contributed by atoms with Gasteiger partial charge in [0.25, 0.3) is 0 Å². The maximum atomic E-state index is 13.8. The Morgan fingerprint density at radius 3 is 2.18 bits per heavy atom. The van der Waals surface area contributed by atoms with Gasteiger partial charge in [0.1, 0.15) is 23.9 Å². The molecule has 5 unspecified atom stereocenters. The SMILES string of the molecule is CCC(C)C(NC(=O)C(Cc1c[nH]c2ccccc12)NC(=O)C(N)Cc1ccc(O)cc1)C(=O)NC(CCC(N)=O)C(=O)O. The van der Waals surface area contributed by atoms with E-state index in [0.717, 1.165) is 16.5 Å². The van der Waals surface area contributed by atoms with Crippen LogP contribution in [0.4, 0.5) is 0 Å². The number of phenolic OH excluding ortho intramolecular Hbond substituents is 1. The third kappa shape index (κ3) is 9.30. The molecule has 0 aliphatic heterocycles. The van der Waals surface area contributed by atoms with E-state index in [0.29, 0.717) is 12.0 Å². The van der Waals surface area contributed by atoms with Gasteiger partial charge in [-0.25, -0.2) is 4.79 Å². The van der Waals surface area contributed by atoms with Crippen LogP contribution in [0.5, 0.6) is 5.75 Å². The van der Waals surface area contributed by atoms with Gasteiger partial charge in [0, 0.05) is 29.9 Å². The predicted molar refractivity (Wildman–Crippen MR) is 163 cm³/mol. The zero-order valence-electron chi connectivity index (χ0n) is 24.7. The fraction of sp³-hybridized carbons (Fsp3) is 0.387. The number of nitrogens with two attached hydrogens (primary N) is 2. The largest absolute Gasteiger partial charge is 0.508 e. The third-order valence-corrected chi connectivity index (χ3v) is 7.55. The van der Waals surface area contributed by atoms with Crippen LogP contribution in [0, 0.1) is 5.92 Å². The van der Waals surface area contributed by atoms with Gasteiger partial charge in [0.15, 0.2) is 0 Å². The number of aromatic hydroxyl groups is 1. The molecule has 4 amide bonds. The minimum Gasteiger partial charge on any atom is -0.508 e. The number of carbonyl (C=O) groups excluding carboxylic acids is 4. The lowest BCUT2D eigenvalue weighted by atomic mass is 9.96. The summed E-state index contributed by atoms with van der Waals surface area (Å²) in [6.07, 6.45) is 1.96. The zero-order chi connectivity index (χ0) is 32.4. The molecule has 0 bridgehead atoms. The number of fused-ring (bicyclic) bond motifs is 1. The fourth-order valence-corrected chi connectivity index (χ4v) is 4.75. The van der Waals surface area contributed by atoms with Crippen LogP contribution >= 0.6 is 0 Å². The molecule has 3 aromatic rings. The first-order valence-corrected chi connectivity index (χ1v) is 14.4. The van der Waals surface area contributed by atoms with Crippen molar-refractivity contribution < 1.29 is 34.2 Å². The molecule has 1 aromatic heterocycles. The number of benzene rings is 2. The number of amides is 4. The number of aromatic amines is 1. The molecule has 13 heteroatoms. The molecule has 0 saturated carbocycles. The average molecular weight is 609 g/mol. The van der Waals surface area contributed by atoms with Crippen molar-refractivity contribution in [3.8, 4) is 5.75 Å². The summed E-state index contributed by atoms with van der Waals surface area (Å²) in [6, 6.07) is 9.01. The molecule has 2 aromatic carbocycles. The van der Waals surface area contributed by atoms with Gasteiger partial charge in [-0.3, -0.25) is 19.2 Å². The van der Waals surface area contributed by atoms with Crippen LogP contribution in [-0.2, 0) is 36.8 Å². The Bertz CT molecular complexity index is 1470. The molecule has 5 atom stereocenters. The fourth-order valence-electron chi connectivity index (χ4n) is 4.75. The monoisotopic (exact) mass is 608 g/mol. The summed E-state index contributed by atoms with van der Waals surface area (Å²) < 4.78 is 0. The van der Waals surface area contributed by atoms with E-state index in [2.05, 4.69) is 20.9 Å². The number of aliphatic carboxylic acids is 1. The number of aromatic nitrogens is 1. The minimum atomic E-state index is -1.39. The van der Waals surface area contributed by atoms with Crippen molar-refractivity contribution in [3.05, 3.63) is 65.9 Å². The molecule has 236 valence electrons. The molecule has 3 rings (SSSR count). The highest BCUT2D eigenvalue weighted by atomic mass is 16.4. The molecule has 1 heterocycles. The Balaban J connectivity index is 1.83. The van der Waals surface area contributed by atoms with Gasteiger partial charge < -0.3 is 42.6 Å². The quantitative estimate of drug-likeness (QED) is 0.116. The van der Waals surface area contributed by atoms with Gasteiger partial charge in [-0.2, -0.15) is 0 Å². The number of carboxylic acid groups (broad SMARTS) is 1. The third-order valence-electron chi connectivity index (χ3n) is 7.55. The van der Waals surface area contributed by atoms with Crippen LogP contribution in [-0.4, -0.2) is 69.0 Å². The molecule has 44 heavy (non-hydrogen) atoms. The van der Waals surface area contributed by atoms with E-state index in [1.165, 1.54) is 12.1 Å². The second kappa shape index (κ2) is 15.5. The molecule has 0 aliphatic rings. The molecule has 0 saturated heterocycles. The number of hydrogen-bond donors (Lipinski definition) is 8. The first kappa shape index (κ1) is 33.6. The molecule has 13 nitrogen and oxygen atoms in total. The summed E-state index contributed by atoms with van der Waals surface area (Å²) in [7, 11) is 0. The molecular weight excluding hydrogens is 568 g/mol. The highest BCUT2D eigenvalue weighted by Crippen LogP contribution is 2.20.